The lowest BCUT2D eigenvalue weighted by Crippen LogP contribution is -1.97. The molecule has 0 aliphatic carbocycles. The molecule has 1 nitrogen and oxygen atoms in total. The number of rotatable bonds is 4. The van der Waals surface area contributed by atoms with Crippen LogP contribution < -0.4 is 4.74 Å². The summed E-state index contributed by atoms with van der Waals surface area (Å²) in [6, 6.07) is 18.9. The summed E-state index contributed by atoms with van der Waals surface area (Å²) in [5.41, 5.74) is 2.63. The first kappa shape index (κ1) is 11.7. The maximum atomic E-state index is 5.53. The van der Waals surface area contributed by atoms with Gasteiger partial charge in [0.2, 0.25) is 0 Å². The Morgan fingerprint density at radius 1 is 0.941 bits per heavy atom. The van der Waals surface area contributed by atoms with Crippen molar-refractivity contribution in [1.29, 1.82) is 0 Å². The second-order valence-corrected chi connectivity index (χ2v) is 4.14. The molecule has 88 valence electrons. The van der Waals surface area contributed by atoms with E-state index in [1.807, 2.05) is 19.1 Å². The summed E-state index contributed by atoms with van der Waals surface area (Å²) in [4.78, 5) is 0. The van der Waals surface area contributed by atoms with Gasteiger partial charge in [0.05, 0.1) is 6.61 Å². The van der Waals surface area contributed by atoms with E-state index in [0.29, 0.717) is 12.5 Å². The van der Waals surface area contributed by atoms with Crippen LogP contribution in [0.15, 0.2) is 54.6 Å². The maximum Gasteiger partial charge on any atom is 0.119 e. The molecule has 0 bridgehead atoms. The van der Waals surface area contributed by atoms with Crippen LogP contribution in [-0.2, 0) is 0 Å². The molecule has 0 radical (unpaired) electrons. The van der Waals surface area contributed by atoms with Crippen LogP contribution in [0.1, 0.15) is 30.9 Å². The molecule has 0 N–H and O–H groups in total. The summed E-state index contributed by atoms with van der Waals surface area (Å²) in [5.74, 6) is 1.35. The third-order valence-electron chi connectivity index (χ3n) is 2.97. The molecule has 0 saturated carbocycles. The summed E-state index contributed by atoms with van der Waals surface area (Å²) < 4.78 is 5.53. The van der Waals surface area contributed by atoms with E-state index in [9.17, 15) is 0 Å². The third kappa shape index (κ3) is 2.88. The summed E-state index contributed by atoms with van der Waals surface area (Å²) in [5, 5.41) is 0. The van der Waals surface area contributed by atoms with Gasteiger partial charge in [-0.05, 0) is 30.2 Å². The second-order valence-electron chi connectivity index (χ2n) is 4.14. The Hall–Kier alpha value is -1.76. The highest BCUT2D eigenvalue weighted by atomic mass is 16.5. The molecule has 0 fully saturated rings. The van der Waals surface area contributed by atoms with Crippen LogP contribution >= 0.6 is 0 Å². The minimum absolute atomic E-state index is 0.400. The van der Waals surface area contributed by atoms with Crippen molar-refractivity contribution in [3.05, 3.63) is 65.7 Å². The fourth-order valence-corrected chi connectivity index (χ4v) is 1.97. The van der Waals surface area contributed by atoms with Crippen molar-refractivity contribution in [2.45, 2.75) is 19.8 Å². The molecule has 0 heterocycles. The van der Waals surface area contributed by atoms with E-state index in [2.05, 4.69) is 49.4 Å². The molecule has 17 heavy (non-hydrogen) atoms. The average molecular weight is 226 g/mol. The fourth-order valence-electron chi connectivity index (χ4n) is 1.97. The van der Waals surface area contributed by atoms with Crippen LogP contribution in [0.3, 0.4) is 0 Å². The van der Waals surface area contributed by atoms with Crippen LogP contribution in [0.2, 0.25) is 0 Å². The second kappa shape index (κ2) is 5.53. The molecular weight excluding hydrogens is 208 g/mol. The molecule has 0 aliphatic rings. The molecule has 1 heteroatoms. The monoisotopic (exact) mass is 226 g/mol. The Bertz CT molecular complexity index is 462. The van der Waals surface area contributed by atoms with Gasteiger partial charge in [0, 0.05) is 5.92 Å². The molecule has 2 aromatic carbocycles. The minimum atomic E-state index is 0.400. The molecule has 0 spiro atoms. The predicted molar refractivity (Wildman–Crippen MR) is 71.6 cm³/mol. The quantitative estimate of drug-likeness (QED) is 0.757. The standard InChI is InChI=1S/C16H18O/c1-3-17-16-11-7-10-15(12-16)13(2)14-8-5-4-6-9-14/h4-13H,3H2,1-2H3. The number of benzene rings is 2. The summed E-state index contributed by atoms with van der Waals surface area (Å²) in [6.45, 7) is 4.94. The van der Waals surface area contributed by atoms with Crippen molar-refractivity contribution in [2.75, 3.05) is 6.61 Å². The molecule has 0 aromatic heterocycles. The van der Waals surface area contributed by atoms with E-state index >= 15 is 0 Å². The normalized spacial score (nSPS) is 12.1. The van der Waals surface area contributed by atoms with Crippen molar-refractivity contribution in [1.82, 2.24) is 0 Å². The maximum absolute atomic E-state index is 5.53. The van der Waals surface area contributed by atoms with Crippen molar-refractivity contribution < 1.29 is 4.74 Å². The molecule has 1 unspecified atom stereocenters. The molecule has 0 amide bonds. The van der Waals surface area contributed by atoms with E-state index in [1.54, 1.807) is 0 Å². The first-order valence-corrected chi connectivity index (χ1v) is 6.09. The topological polar surface area (TPSA) is 9.23 Å². The van der Waals surface area contributed by atoms with Gasteiger partial charge in [-0.3, -0.25) is 0 Å². The predicted octanol–water partition coefficient (Wildman–Crippen LogP) is 4.24. The molecular formula is C16H18O. The van der Waals surface area contributed by atoms with Gasteiger partial charge < -0.3 is 4.74 Å². The number of hydrogen-bond donors (Lipinski definition) is 0. The summed E-state index contributed by atoms with van der Waals surface area (Å²) in [6.07, 6.45) is 0. The molecule has 0 saturated heterocycles. The van der Waals surface area contributed by atoms with Crippen molar-refractivity contribution in [2.24, 2.45) is 0 Å². The Labute approximate surface area is 103 Å². The highest BCUT2D eigenvalue weighted by Gasteiger charge is 2.08. The summed E-state index contributed by atoms with van der Waals surface area (Å²) in [7, 11) is 0. The molecule has 0 aliphatic heterocycles. The van der Waals surface area contributed by atoms with E-state index in [1.165, 1.54) is 11.1 Å². The molecule has 2 rings (SSSR count). The smallest absolute Gasteiger partial charge is 0.119 e. The zero-order valence-corrected chi connectivity index (χ0v) is 10.4. The van der Waals surface area contributed by atoms with Gasteiger partial charge in [-0.15, -0.1) is 0 Å². The van der Waals surface area contributed by atoms with E-state index in [4.69, 9.17) is 4.74 Å². The van der Waals surface area contributed by atoms with Gasteiger partial charge in [0.1, 0.15) is 5.75 Å². The Balaban J connectivity index is 2.25. The molecule has 2 aromatic rings. The zero-order chi connectivity index (χ0) is 12.1. The Morgan fingerprint density at radius 2 is 1.65 bits per heavy atom. The van der Waals surface area contributed by atoms with Crippen LogP contribution in [-0.4, -0.2) is 6.61 Å². The van der Waals surface area contributed by atoms with Gasteiger partial charge in [-0.1, -0.05) is 49.4 Å². The van der Waals surface area contributed by atoms with E-state index < -0.39 is 0 Å². The lowest BCUT2D eigenvalue weighted by molar-refractivity contribution is 0.340. The van der Waals surface area contributed by atoms with Crippen LogP contribution in [0.5, 0.6) is 5.75 Å². The van der Waals surface area contributed by atoms with Gasteiger partial charge in [0.25, 0.3) is 0 Å². The molecule has 1 atom stereocenters. The highest BCUT2D eigenvalue weighted by molar-refractivity contribution is 5.36. The first-order chi connectivity index (χ1) is 8.31. The Kier molecular flexibility index (Phi) is 3.81. The largest absolute Gasteiger partial charge is 0.494 e. The van der Waals surface area contributed by atoms with Crippen LogP contribution in [0, 0.1) is 0 Å². The highest BCUT2D eigenvalue weighted by Crippen LogP contribution is 2.26. The Morgan fingerprint density at radius 3 is 2.35 bits per heavy atom. The van der Waals surface area contributed by atoms with Crippen LogP contribution in [0.4, 0.5) is 0 Å². The lowest BCUT2D eigenvalue weighted by Gasteiger charge is -2.13. The van der Waals surface area contributed by atoms with Gasteiger partial charge in [0.15, 0.2) is 0 Å². The van der Waals surface area contributed by atoms with Crippen molar-refractivity contribution in [3.8, 4) is 5.75 Å². The minimum Gasteiger partial charge on any atom is -0.494 e. The zero-order valence-electron chi connectivity index (χ0n) is 10.4. The third-order valence-corrected chi connectivity index (χ3v) is 2.97. The van der Waals surface area contributed by atoms with Crippen LogP contribution in [0.25, 0.3) is 0 Å². The van der Waals surface area contributed by atoms with Crippen molar-refractivity contribution >= 4 is 0 Å². The van der Waals surface area contributed by atoms with E-state index in [0.717, 1.165) is 5.75 Å². The van der Waals surface area contributed by atoms with E-state index in [-0.39, 0.29) is 0 Å². The van der Waals surface area contributed by atoms with Gasteiger partial charge in [-0.2, -0.15) is 0 Å². The number of hydrogen-bond acceptors (Lipinski definition) is 1. The lowest BCUT2D eigenvalue weighted by atomic mass is 9.93. The summed E-state index contributed by atoms with van der Waals surface area (Å²) >= 11 is 0. The SMILES string of the molecule is CCOc1cccc(C(C)c2ccccc2)c1. The average Bonchev–Trinajstić information content (AvgIpc) is 2.40. The van der Waals surface area contributed by atoms with Crippen molar-refractivity contribution in [3.63, 3.8) is 0 Å². The number of ether oxygens (including phenoxy) is 1. The van der Waals surface area contributed by atoms with Gasteiger partial charge >= 0.3 is 0 Å². The van der Waals surface area contributed by atoms with Gasteiger partial charge in [-0.25, -0.2) is 0 Å². The fraction of sp³-hybridized carbons (Fsp3) is 0.250. The first-order valence-electron chi connectivity index (χ1n) is 6.09.